The SMILES string of the molecule is O=C(O)COc1c(Br)cc(C(=O)N(CCc2ccccc2)Cc2ccccc2)cc1-c1cccc(Cl)c1. The first kappa shape index (κ1) is 26.5. The number of carbonyl (C=O) groups is 2. The fourth-order valence-corrected chi connectivity index (χ4v) is 4.78. The van der Waals surface area contributed by atoms with Gasteiger partial charge in [0.05, 0.1) is 4.47 Å². The Morgan fingerprint density at radius 3 is 2.19 bits per heavy atom. The van der Waals surface area contributed by atoms with Crippen molar-refractivity contribution in [3.8, 4) is 16.9 Å². The lowest BCUT2D eigenvalue weighted by Gasteiger charge is -2.24. The number of rotatable bonds is 10. The maximum atomic E-state index is 13.9. The Balaban J connectivity index is 1.71. The van der Waals surface area contributed by atoms with E-state index >= 15 is 0 Å². The van der Waals surface area contributed by atoms with Crippen LogP contribution >= 0.6 is 27.5 Å². The number of carboxylic acid groups (broad SMARTS) is 1. The number of aliphatic carboxylic acids is 1. The van der Waals surface area contributed by atoms with Crippen molar-refractivity contribution in [1.29, 1.82) is 0 Å². The van der Waals surface area contributed by atoms with E-state index in [9.17, 15) is 9.59 Å². The zero-order chi connectivity index (χ0) is 26.2. The number of nitrogens with zero attached hydrogens (tertiary/aromatic N) is 1. The third-order valence-corrected chi connectivity index (χ3v) is 6.61. The molecule has 0 aliphatic rings. The average Bonchev–Trinajstić information content (AvgIpc) is 2.90. The normalized spacial score (nSPS) is 10.6. The van der Waals surface area contributed by atoms with Crippen molar-refractivity contribution in [2.75, 3.05) is 13.2 Å². The summed E-state index contributed by atoms with van der Waals surface area (Å²) in [4.78, 5) is 26.9. The second-order valence-electron chi connectivity index (χ2n) is 8.48. The van der Waals surface area contributed by atoms with Gasteiger partial charge in [-0.2, -0.15) is 0 Å². The molecule has 4 aromatic carbocycles. The van der Waals surface area contributed by atoms with Crippen molar-refractivity contribution in [2.45, 2.75) is 13.0 Å². The van der Waals surface area contributed by atoms with E-state index in [-0.39, 0.29) is 5.91 Å². The maximum absolute atomic E-state index is 13.9. The third-order valence-electron chi connectivity index (χ3n) is 5.78. The van der Waals surface area contributed by atoms with Gasteiger partial charge in [0.15, 0.2) is 6.61 Å². The van der Waals surface area contributed by atoms with Crippen LogP contribution in [0, 0.1) is 0 Å². The van der Waals surface area contributed by atoms with Crippen molar-refractivity contribution >= 4 is 39.4 Å². The molecule has 0 saturated carbocycles. The smallest absolute Gasteiger partial charge is 0.341 e. The second kappa shape index (κ2) is 12.6. The van der Waals surface area contributed by atoms with Crippen LogP contribution in [0.1, 0.15) is 21.5 Å². The van der Waals surface area contributed by atoms with Crippen molar-refractivity contribution < 1.29 is 19.4 Å². The summed E-state index contributed by atoms with van der Waals surface area (Å²) >= 11 is 9.74. The van der Waals surface area contributed by atoms with E-state index in [1.165, 1.54) is 0 Å². The van der Waals surface area contributed by atoms with Crippen LogP contribution in [0.25, 0.3) is 11.1 Å². The number of carbonyl (C=O) groups excluding carboxylic acids is 1. The average molecular weight is 579 g/mol. The zero-order valence-corrected chi connectivity index (χ0v) is 22.3. The fourth-order valence-electron chi connectivity index (χ4n) is 4.02. The molecule has 7 heteroatoms. The summed E-state index contributed by atoms with van der Waals surface area (Å²) in [5.74, 6) is -0.910. The van der Waals surface area contributed by atoms with Crippen LogP contribution in [-0.2, 0) is 17.8 Å². The van der Waals surface area contributed by atoms with Gasteiger partial charge < -0.3 is 14.7 Å². The lowest BCUT2D eigenvalue weighted by atomic mass is 10.0. The summed E-state index contributed by atoms with van der Waals surface area (Å²) < 4.78 is 6.09. The number of ether oxygens (including phenoxy) is 1. The third kappa shape index (κ3) is 7.21. The second-order valence-corrected chi connectivity index (χ2v) is 9.77. The highest BCUT2D eigenvalue weighted by molar-refractivity contribution is 9.10. The van der Waals surface area contributed by atoms with Gasteiger partial charge in [0.2, 0.25) is 0 Å². The van der Waals surface area contributed by atoms with Crippen molar-refractivity contribution in [2.24, 2.45) is 0 Å². The van der Waals surface area contributed by atoms with Gasteiger partial charge in [-0.1, -0.05) is 84.4 Å². The summed E-state index contributed by atoms with van der Waals surface area (Å²) in [7, 11) is 0. The number of hydrogen-bond donors (Lipinski definition) is 1. The van der Waals surface area contributed by atoms with E-state index in [4.69, 9.17) is 21.4 Å². The fraction of sp³-hybridized carbons (Fsp3) is 0.133. The van der Waals surface area contributed by atoms with Crippen LogP contribution in [0.2, 0.25) is 5.02 Å². The number of halogens is 2. The Bertz CT molecular complexity index is 1380. The predicted octanol–water partition coefficient (Wildman–Crippen LogP) is 7.12. The van der Waals surface area contributed by atoms with Crippen LogP contribution in [0.5, 0.6) is 5.75 Å². The summed E-state index contributed by atoms with van der Waals surface area (Å²) in [5, 5.41) is 9.67. The Labute approximate surface area is 229 Å². The minimum absolute atomic E-state index is 0.145. The number of benzene rings is 4. The molecule has 0 heterocycles. The molecule has 0 atom stereocenters. The first-order valence-corrected chi connectivity index (χ1v) is 12.9. The van der Waals surface area contributed by atoms with E-state index in [1.54, 1.807) is 30.3 Å². The van der Waals surface area contributed by atoms with Gasteiger partial charge in [0.1, 0.15) is 5.75 Å². The highest BCUT2D eigenvalue weighted by Crippen LogP contribution is 2.39. The maximum Gasteiger partial charge on any atom is 0.341 e. The van der Waals surface area contributed by atoms with Crippen molar-refractivity contribution in [3.05, 3.63) is 123 Å². The molecule has 0 saturated heterocycles. The highest BCUT2D eigenvalue weighted by atomic mass is 79.9. The number of hydrogen-bond acceptors (Lipinski definition) is 3. The zero-order valence-electron chi connectivity index (χ0n) is 19.9. The summed E-state index contributed by atoms with van der Waals surface area (Å²) in [5.41, 5.74) is 3.91. The molecule has 0 aliphatic heterocycles. The van der Waals surface area contributed by atoms with Crippen LogP contribution in [-0.4, -0.2) is 35.0 Å². The summed E-state index contributed by atoms with van der Waals surface area (Å²) in [6.07, 6.45) is 0.710. The summed E-state index contributed by atoms with van der Waals surface area (Å²) in [6.45, 7) is 0.462. The lowest BCUT2D eigenvalue weighted by Crippen LogP contribution is -2.32. The van der Waals surface area contributed by atoms with Crippen LogP contribution in [0.15, 0.2) is 102 Å². The van der Waals surface area contributed by atoms with Crippen LogP contribution in [0.3, 0.4) is 0 Å². The van der Waals surface area contributed by atoms with Gasteiger partial charge in [-0.15, -0.1) is 0 Å². The molecular weight excluding hydrogens is 554 g/mol. The Morgan fingerprint density at radius 1 is 0.865 bits per heavy atom. The van der Waals surface area contributed by atoms with Gasteiger partial charge >= 0.3 is 5.97 Å². The van der Waals surface area contributed by atoms with E-state index < -0.39 is 12.6 Å². The number of carboxylic acids is 1. The largest absolute Gasteiger partial charge is 0.480 e. The molecule has 1 amide bonds. The molecule has 0 bridgehead atoms. The molecule has 0 fully saturated rings. The van der Waals surface area contributed by atoms with Gasteiger partial charge in [0.25, 0.3) is 5.91 Å². The quantitative estimate of drug-likeness (QED) is 0.218. The highest BCUT2D eigenvalue weighted by Gasteiger charge is 2.21. The monoisotopic (exact) mass is 577 g/mol. The standard InChI is InChI=1S/C30H25BrClNO4/c31-27-18-24(17-26(29(27)37-20-28(34)35)23-12-7-13-25(32)16-23)30(36)33(19-22-10-5-2-6-11-22)15-14-21-8-3-1-4-9-21/h1-13,16-18H,14-15,19-20H2,(H,34,35). The molecule has 1 N–H and O–H groups in total. The molecule has 5 nitrogen and oxygen atoms in total. The van der Waals surface area contributed by atoms with Crippen molar-refractivity contribution in [1.82, 2.24) is 4.90 Å². The first-order valence-electron chi connectivity index (χ1n) is 11.7. The molecule has 188 valence electrons. The molecule has 0 aliphatic carbocycles. The topological polar surface area (TPSA) is 66.8 Å². The minimum atomic E-state index is -1.10. The van der Waals surface area contributed by atoms with Gasteiger partial charge in [-0.3, -0.25) is 4.79 Å². The molecule has 0 radical (unpaired) electrons. The molecular formula is C30H25BrClNO4. The Hall–Kier alpha value is -3.61. The van der Waals surface area contributed by atoms with Crippen LogP contribution in [0.4, 0.5) is 0 Å². The molecule has 4 rings (SSSR count). The lowest BCUT2D eigenvalue weighted by molar-refractivity contribution is -0.139. The summed E-state index contributed by atoms with van der Waals surface area (Å²) in [6, 6.07) is 30.4. The molecule has 37 heavy (non-hydrogen) atoms. The predicted molar refractivity (Wildman–Crippen MR) is 149 cm³/mol. The minimum Gasteiger partial charge on any atom is -0.480 e. The first-order chi connectivity index (χ1) is 17.9. The van der Waals surface area contributed by atoms with Gasteiger partial charge in [-0.05, 0) is 63.3 Å². The van der Waals surface area contributed by atoms with E-state index in [2.05, 4.69) is 15.9 Å². The molecule has 0 unspecified atom stereocenters. The van der Waals surface area contributed by atoms with Gasteiger partial charge in [-0.25, -0.2) is 4.79 Å². The van der Waals surface area contributed by atoms with E-state index in [0.717, 1.165) is 11.1 Å². The Morgan fingerprint density at radius 2 is 1.54 bits per heavy atom. The van der Waals surface area contributed by atoms with E-state index in [0.29, 0.717) is 51.4 Å². The Kier molecular flexibility index (Phi) is 8.99. The van der Waals surface area contributed by atoms with E-state index in [1.807, 2.05) is 71.6 Å². The van der Waals surface area contributed by atoms with Crippen molar-refractivity contribution in [3.63, 3.8) is 0 Å². The number of amides is 1. The molecule has 0 aromatic heterocycles. The van der Waals surface area contributed by atoms with Crippen LogP contribution < -0.4 is 4.74 Å². The molecule has 0 spiro atoms. The van der Waals surface area contributed by atoms with Gasteiger partial charge in [0, 0.05) is 29.2 Å². The molecule has 4 aromatic rings.